The average Bonchev–Trinajstić information content (AvgIpc) is 2.98. The minimum absolute atomic E-state index is 0.231. The highest BCUT2D eigenvalue weighted by Gasteiger charge is 2.32. The standard InChI is InChI=1S/C18H25ClN2O/c1-14(22)21-10-7-16(8-11-21)17-6-9-20(13-17)12-15-2-4-18(19)5-3-15/h2-5,16-17H,6-13H2,1H3. The van der Waals surface area contributed by atoms with Gasteiger partial charge in [0, 0.05) is 38.1 Å². The highest BCUT2D eigenvalue weighted by molar-refractivity contribution is 6.30. The Hall–Kier alpha value is -1.06. The molecule has 3 rings (SSSR count). The Labute approximate surface area is 138 Å². The fourth-order valence-electron chi connectivity index (χ4n) is 3.92. The van der Waals surface area contributed by atoms with Gasteiger partial charge in [-0.1, -0.05) is 23.7 Å². The molecule has 22 heavy (non-hydrogen) atoms. The van der Waals surface area contributed by atoms with Gasteiger partial charge in [0.25, 0.3) is 0 Å². The van der Waals surface area contributed by atoms with Gasteiger partial charge in [-0.3, -0.25) is 9.69 Å². The number of hydrogen-bond donors (Lipinski definition) is 0. The van der Waals surface area contributed by atoms with Crippen molar-refractivity contribution in [2.75, 3.05) is 26.2 Å². The minimum atomic E-state index is 0.231. The molecule has 0 spiro atoms. The molecule has 0 bridgehead atoms. The molecule has 1 aromatic rings. The van der Waals surface area contributed by atoms with Crippen molar-refractivity contribution >= 4 is 17.5 Å². The highest BCUT2D eigenvalue weighted by Crippen LogP contribution is 2.32. The molecule has 0 radical (unpaired) electrons. The van der Waals surface area contributed by atoms with Crippen LogP contribution in [-0.2, 0) is 11.3 Å². The fraction of sp³-hybridized carbons (Fsp3) is 0.611. The first-order valence-corrected chi connectivity index (χ1v) is 8.72. The number of piperidine rings is 1. The number of carbonyl (C=O) groups excluding carboxylic acids is 1. The summed E-state index contributed by atoms with van der Waals surface area (Å²) >= 11 is 5.95. The lowest BCUT2D eigenvalue weighted by atomic mass is 9.84. The van der Waals surface area contributed by atoms with Crippen LogP contribution in [0.3, 0.4) is 0 Å². The van der Waals surface area contributed by atoms with Crippen molar-refractivity contribution < 1.29 is 4.79 Å². The molecule has 0 aromatic heterocycles. The van der Waals surface area contributed by atoms with Crippen LogP contribution in [-0.4, -0.2) is 41.9 Å². The molecule has 0 saturated carbocycles. The van der Waals surface area contributed by atoms with Crippen LogP contribution in [0.2, 0.25) is 5.02 Å². The van der Waals surface area contributed by atoms with Crippen LogP contribution in [0.25, 0.3) is 0 Å². The molecule has 0 aliphatic carbocycles. The number of nitrogens with zero attached hydrogens (tertiary/aromatic N) is 2. The van der Waals surface area contributed by atoms with Gasteiger partial charge in [0.15, 0.2) is 0 Å². The largest absolute Gasteiger partial charge is 0.343 e. The van der Waals surface area contributed by atoms with Crippen LogP contribution >= 0.6 is 11.6 Å². The van der Waals surface area contributed by atoms with Crippen molar-refractivity contribution in [3.8, 4) is 0 Å². The summed E-state index contributed by atoms with van der Waals surface area (Å²) in [5.74, 6) is 1.83. The van der Waals surface area contributed by atoms with Crippen molar-refractivity contribution in [2.45, 2.75) is 32.7 Å². The van der Waals surface area contributed by atoms with Gasteiger partial charge < -0.3 is 4.90 Å². The lowest BCUT2D eigenvalue weighted by molar-refractivity contribution is -0.130. The molecule has 1 atom stereocenters. The van der Waals surface area contributed by atoms with Crippen LogP contribution in [0.1, 0.15) is 31.7 Å². The van der Waals surface area contributed by atoms with E-state index < -0.39 is 0 Å². The maximum Gasteiger partial charge on any atom is 0.219 e. The summed E-state index contributed by atoms with van der Waals surface area (Å²) < 4.78 is 0. The second-order valence-corrected chi connectivity index (χ2v) is 7.19. The predicted octanol–water partition coefficient (Wildman–Crippen LogP) is 3.42. The van der Waals surface area contributed by atoms with Crippen molar-refractivity contribution in [3.05, 3.63) is 34.9 Å². The van der Waals surface area contributed by atoms with Gasteiger partial charge >= 0.3 is 0 Å². The molecule has 0 N–H and O–H groups in total. The van der Waals surface area contributed by atoms with E-state index in [1.165, 1.54) is 37.9 Å². The SMILES string of the molecule is CC(=O)N1CCC(C2CCN(Cc3ccc(Cl)cc3)C2)CC1. The zero-order chi connectivity index (χ0) is 15.5. The molecule has 1 unspecified atom stereocenters. The third-order valence-corrected chi connectivity index (χ3v) is 5.53. The topological polar surface area (TPSA) is 23.6 Å². The summed E-state index contributed by atoms with van der Waals surface area (Å²) in [7, 11) is 0. The van der Waals surface area contributed by atoms with E-state index in [9.17, 15) is 4.79 Å². The molecule has 2 aliphatic heterocycles. The third kappa shape index (κ3) is 3.82. The van der Waals surface area contributed by atoms with Crippen LogP contribution in [0.5, 0.6) is 0 Å². The van der Waals surface area contributed by atoms with E-state index in [0.717, 1.165) is 36.5 Å². The van der Waals surface area contributed by atoms with Crippen LogP contribution < -0.4 is 0 Å². The fourth-order valence-corrected chi connectivity index (χ4v) is 4.05. The zero-order valence-electron chi connectivity index (χ0n) is 13.3. The van der Waals surface area contributed by atoms with E-state index in [0.29, 0.717) is 0 Å². The summed E-state index contributed by atoms with van der Waals surface area (Å²) in [6.45, 7) is 7.01. The lowest BCUT2D eigenvalue weighted by Gasteiger charge is -2.34. The van der Waals surface area contributed by atoms with Gasteiger partial charge in [-0.25, -0.2) is 0 Å². The molecule has 1 amide bonds. The van der Waals surface area contributed by atoms with Gasteiger partial charge in [0.1, 0.15) is 0 Å². The first kappa shape index (κ1) is 15.8. The number of hydrogen-bond acceptors (Lipinski definition) is 2. The quantitative estimate of drug-likeness (QED) is 0.852. The third-order valence-electron chi connectivity index (χ3n) is 5.28. The van der Waals surface area contributed by atoms with Crippen molar-refractivity contribution in [2.24, 2.45) is 11.8 Å². The molecule has 3 nitrogen and oxygen atoms in total. The average molecular weight is 321 g/mol. The molecule has 2 saturated heterocycles. The number of rotatable bonds is 3. The second kappa shape index (κ2) is 7.01. The van der Waals surface area contributed by atoms with Crippen molar-refractivity contribution in [1.29, 1.82) is 0 Å². The number of halogens is 1. The Bertz CT molecular complexity index is 508. The lowest BCUT2D eigenvalue weighted by Crippen LogP contribution is -2.39. The number of carbonyl (C=O) groups is 1. The van der Waals surface area contributed by atoms with Crippen LogP contribution in [0.15, 0.2) is 24.3 Å². The molecule has 2 heterocycles. The smallest absolute Gasteiger partial charge is 0.219 e. The van der Waals surface area contributed by atoms with E-state index >= 15 is 0 Å². The van der Waals surface area contributed by atoms with Gasteiger partial charge in [-0.2, -0.15) is 0 Å². The molecule has 4 heteroatoms. The Morgan fingerprint density at radius 3 is 2.36 bits per heavy atom. The van der Waals surface area contributed by atoms with Gasteiger partial charge in [-0.15, -0.1) is 0 Å². The van der Waals surface area contributed by atoms with Crippen LogP contribution in [0, 0.1) is 11.8 Å². The summed E-state index contributed by atoms with van der Waals surface area (Å²) in [5.41, 5.74) is 1.34. The predicted molar refractivity (Wildman–Crippen MR) is 89.8 cm³/mol. The van der Waals surface area contributed by atoms with Gasteiger partial charge in [-0.05, 0) is 55.3 Å². The molecule has 2 aliphatic rings. The highest BCUT2D eigenvalue weighted by atomic mass is 35.5. The molecule has 2 fully saturated rings. The Balaban J connectivity index is 1.48. The van der Waals surface area contributed by atoms with E-state index in [4.69, 9.17) is 11.6 Å². The van der Waals surface area contributed by atoms with E-state index in [-0.39, 0.29) is 5.91 Å². The summed E-state index contributed by atoms with van der Waals surface area (Å²) in [4.78, 5) is 16.0. The Kier molecular flexibility index (Phi) is 5.04. The number of amides is 1. The molecular formula is C18H25ClN2O. The first-order chi connectivity index (χ1) is 10.6. The van der Waals surface area contributed by atoms with E-state index in [2.05, 4.69) is 17.0 Å². The monoisotopic (exact) mass is 320 g/mol. The number of benzene rings is 1. The summed E-state index contributed by atoms with van der Waals surface area (Å²) in [5, 5.41) is 0.806. The summed E-state index contributed by atoms with van der Waals surface area (Å²) in [6, 6.07) is 8.20. The van der Waals surface area contributed by atoms with Crippen molar-refractivity contribution in [3.63, 3.8) is 0 Å². The molecular weight excluding hydrogens is 296 g/mol. The second-order valence-electron chi connectivity index (χ2n) is 6.75. The van der Waals surface area contributed by atoms with E-state index in [1.807, 2.05) is 17.0 Å². The maximum atomic E-state index is 11.4. The van der Waals surface area contributed by atoms with E-state index in [1.54, 1.807) is 6.92 Å². The van der Waals surface area contributed by atoms with Gasteiger partial charge in [0.2, 0.25) is 5.91 Å². The normalized spacial score (nSPS) is 23.9. The maximum absolute atomic E-state index is 11.4. The Morgan fingerprint density at radius 1 is 1.09 bits per heavy atom. The molecule has 120 valence electrons. The number of likely N-dealkylation sites (tertiary alicyclic amines) is 2. The van der Waals surface area contributed by atoms with Crippen LogP contribution in [0.4, 0.5) is 0 Å². The molecule has 1 aromatic carbocycles. The van der Waals surface area contributed by atoms with Gasteiger partial charge in [0.05, 0.1) is 0 Å². The zero-order valence-corrected chi connectivity index (χ0v) is 14.1. The minimum Gasteiger partial charge on any atom is -0.343 e. The first-order valence-electron chi connectivity index (χ1n) is 8.34. The summed E-state index contributed by atoms with van der Waals surface area (Å²) in [6.07, 6.45) is 3.66. The van der Waals surface area contributed by atoms with Crippen molar-refractivity contribution in [1.82, 2.24) is 9.80 Å². The Morgan fingerprint density at radius 2 is 1.73 bits per heavy atom.